The Kier molecular flexibility index (Phi) is 10.2. The number of sulfonamides is 1. The van der Waals surface area contributed by atoms with Crippen molar-refractivity contribution in [3.63, 3.8) is 0 Å². The van der Waals surface area contributed by atoms with Gasteiger partial charge in [0.1, 0.15) is 11.9 Å². The molecule has 1 heterocycles. The van der Waals surface area contributed by atoms with Gasteiger partial charge < -0.3 is 14.0 Å². The molecular formula is C31H33CaN3O6S+2. The van der Waals surface area contributed by atoms with Gasteiger partial charge in [-0.2, -0.15) is 0 Å². The molecule has 1 aliphatic carbocycles. The maximum Gasteiger partial charge on any atom is 2.00 e. The zero-order valence-electron chi connectivity index (χ0n) is 24.0. The summed E-state index contributed by atoms with van der Waals surface area (Å²) in [6, 6.07) is 17.1. The van der Waals surface area contributed by atoms with Crippen LogP contribution in [0.5, 0.6) is 5.75 Å². The number of ether oxygens (including phenoxy) is 2. The number of carbonyl (C=O) groups is 2. The summed E-state index contributed by atoms with van der Waals surface area (Å²) in [5.41, 5.74) is 4.14. The number of nitrogens with one attached hydrogen (secondary N) is 2. The monoisotopic (exact) mass is 615 g/mol. The maximum absolute atomic E-state index is 12.9. The molecule has 1 aliphatic rings. The fourth-order valence-electron chi connectivity index (χ4n) is 5.33. The van der Waals surface area contributed by atoms with Crippen LogP contribution in [0, 0.1) is 6.92 Å². The molecule has 3 aromatic carbocycles. The third kappa shape index (κ3) is 7.11. The molecule has 1 saturated carbocycles. The number of hydrogen-bond acceptors (Lipinski definition) is 6. The Morgan fingerprint density at radius 2 is 1.74 bits per heavy atom. The van der Waals surface area contributed by atoms with Gasteiger partial charge in [-0.1, -0.05) is 24.3 Å². The predicted molar refractivity (Wildman–Crippen MR) is 163 cm³/mol. The van der Waals surface area contributed by atoms with Crippen LogP contribution >= 0.6 is 0 Å². The van der Waals surface area contributed by atoms with Crippen molar-refractivity contribution in [3.8, 4) is 5.75 Å². The third-order valence-electron chi connectivity index (χ3n) is 7.43. The molecule has 0 atom stereocenters. The second-order valence-electron chi connectivity index (χ2n) is 10.3. The summed E-state index contributed by atoms with van der Waals surface area (Å²) in [6.45, 7) is 1.67. The number of fused-ring (bicyclic) bond motifs is 1. The Balaban J connectivity index is 0.00000405. The normalized spacial score (nSPS) is 13.4. The van der Waals surface area contributed by atoms with Crippen molar-refractivity contribution in [2.75, 3.05) is 12.4 Å². The van der Waals surface area contributed by atoms with Crippen LogP contribution in [-0.2, 0) is 28.2 Å². The van der Waals surface area contributed by atoms with E-state index in [1.54, 1.807) is 37.3 Å². The Bertz CT molecular complexity index is 1730. The third-order valence-corrected chi connectivity index (χ3v) is 8.93. The largest absolute Gasteiger partial charge is 2.00 e. The van der Waals surface area contributed by atoms with E-state index in [0.717, 1.165) is 47.7 Å². The van der Waals surface area contributed by atoms with E-state index in [0.29, 0.717) is 23.4 Å². The fraction of sp³-hybridized carbons (Fsp3) is 0.290. The van der Waals surface area contributed by atoms with Gasteiger partial charge in [0.2, 0.25) is 0 Å². The van der Waals surface area contributed by atoms with Crippen LogP contribution in [0.25, 0.3) is 10.9 Å². The number of carbonyl (C=O) groups excluding carboxylic acids is 2. The van der Waals surface area contributed by atoms with Crippen molar-refractivity contribution in [1.82, 2.24) is 9.29 Å². The zero-order chi connectivity index (χ0) is 29.1. The van der Waals surface area contributed by atoms with E-state index in [1.165, 1.54) is 19.2 Å². The maximum atomic E-state index is 12.9. The van der Waals surface area contributed by atoms with Crippen LogP contribution in [0.15, 0.2) is 71.8 Å². The molecular weight excluding hydrogens is 583 g/mol. The average Bonchev–Trinajstić information content (AvgIpc) is 3.56. The van der Waals surface area contributed by atoms with E-state index in [4.69, 9.17) is 9.47 Å². The van der Waals surface area contributed by atoms with Gasteiger partial charge >= 0.3 is 43.8 Å². The van der Waals surface area contributed by atoms with E-state index in [-0.39, 0.29) is 54.3 Å². The molecule has 1 fully saturated rings. The van der Waals surface area contributed by atoms with E-state index in [9.17, 15) is 18.0 Å². The molecule has 4 aromatic rings. The summed E-state index contributed by atoms with van der Waals surface area (Å²) in [5, 5.41) is 3.81. The second-order valence-corrected chi connectivity index (χ2v) is 12.0. The fourth-order valence-corrected chi connectivity index (χ4v) is 6.55. The first-order chi connectivity index (χ1) is 19.6. The van der Waals surface area contributed by atoms with Crippen molar-refractivity contribution in [2.45, 2.75) is 50.0 Å². The van der Waals surface area contributed by atoms with Crippen LogP contribution < -0.4 is 14.8 Å². The van der Waals surface area contributed by atoms with Gasteiger partial charge in [-0.25, -0.2) is 17.9 Å². The molecule has 0 radical (unpaired) electrons. The number of anilines is 1. The Hall–Kier alpha value is -3.05. The van der Waals surface area contributed by atoms with Gasteiger partial charge in [-0.3, -0.25) is 10.1 Å². The Morgan fingerprint density at radius 1 is 1.00 bits per heavy atom. The smallest absolute Gasteiger partial charge is 0.496 e. The van der Waals surface area contributed by atoms with Crippen molar-refractivity contribution in [3.05, 3.63) is 89.1 Å². The standard InChI is InChI=1S/C31H33N3O6S.Ca/c1-20-8-4-7-11-29(20)41(37,38)33-30(35)22-13-12-21(28(17-22)39-3)16-23-19-34(2)27-15-14-24(18-26(23)27)32-31(36)40-25-9-5-6-10-25;/h4,7-8,11-15,17-19,25H,5-6,9-10,16H2,1-3H3,(H,32,36)(H,33,35);/q;+2. The van der Waals surface area contributed by atoms with Crippen LogP contribution in [0.2, 0.25) is 0 Å². The summed E-state index contributed by atoms with van der Waals surface area (Å²) in [7, 11) is -0.583. The van der Waals surface area contributed by atoms with Gasteiger partial charge in [-0.05, 0) is 85.7 Å². The Morgan fingerprint density at radius 3 is 2.45 bits per heavy atom. The topological polar surface area (TPSA) is 116 Å². The summed E-state index contributed by atoms with van der Waals surface area (Å²) in [4.78, 5) is 25.4. The first-order valence-corrected chi connectivity index (χ1v) is 15.0. The minimum atomic E-state index is -4.04. The molecule has 0 saturated heterocycles. The number of aromatic nitrogens is 1. The van der Waals surface area contributed by atoms with E-state index < -0.39 is 22.0 Å². The zero-order valence-corrected chi connectivity index (χ0v) is 27.0. The van der Waals surface area contributed by atoms with Crippen molar-refractivity contribution in [2.24, 2.45) is 7.05 Å². The molecule has 5 rings (SSSR count). The number of benzene rings is 3. The average molecular weight is 616 g/mol. The molecule has 0 spiro atoms. The van der Waals surface area contributed by atoms with Crippen LogP contribution in [0.4, 0.5) is 10.5 Å². The quantitative estimate of drug-likeness (QED) is 0.260. The molecule has 11 heteroatoms. The van der Waals surface area contributed by atoms with Crippen molar-refractivity contribution in [1.29, 1.82) is 0 Å². The van der Waals surface area contributed by atoms with Crippen LogP contribution in [-0.4, -0.2) is 75.9 Å². The summed E-state index contributed by atoms with van der Waals surface area (Å²) in [5.74, 6) is -0.291. The van der Waals surface area contributed by atoms with E-state index >= 15 is 0 Å². The SMILES string of the molecule is COc1cc(C(=O)NS(=O)(=O)c2ccccc2C)ccc1Cc1cn(C)c2ccc(NC(=O)OC3CCCC3)cc12.[Ca+2]. The number of rotatable bonds is 8. The minimum Gasteiger partial charge on any atom is -0.496 e. The summed E-state index contributed by atoms with van der Waals surface area (Å²) in [6.07, 6.45) is 6.00. The molecule has 0 unspecified atom stereocenters. The molecule has 9 nitrogen and oxygen atoms in total. The molecule has 42 heavy (non-hydrogen) atoms. The number of aryl methyl sites for hydroxylation is 2. The molecule has 1 aromatic heterocycles. The molecule has 0 aliphatic heterocycles. The van der Waals surface area contributed by atoms with E-state index in [1.807, 2.05) is 36.0 Å². The Labute approximate surface area is 275 Å². The van der Waals surface area contributed by atoms with E-state index in [2.05, 4.69) is 10.0 Å². The van der Waals surface area contributed by atoms with Gasteiger partial charge in [0.05, 0.1) is 12.0 Å². The first kappa shape index (κ1) is 31.9. The van der Waals surface area contributed by atoms with Gasteiger partial charge in [0.25, 0.3) is 15.9 Å². The van der Waals surface area contributed by atoms with Crippen LogP contribution in [0.1, 0.15) is 52.7 Å². The number of methoxy groups -OCH3 is 1. The molecule has 2 N–H and O–H groups in total. The molecule has 214 valence electrons. The van der Waals surface area contributed by atoms with Gasteiger partial charge in [0.15, 0.2) is 0 Å². The summed E-state index contributed by atoms with van der Waals surface area (Å²) >= 11 is 0. The summed E-state index contributed by atoms with van der Waals surface area (Å²) < 4.78 is 40.9. The number of amides is 2. The molecule has 0 bridgehead atoms. The first-order valence-electron chi connectivity index (χ1n) is 13.5. The number of hydrogen-bond donors (Lipinski definition) is 2. The van der Waals surface area contributed by atoms with Gasteiger partial charge in [-0.15, -0.1) is 0 Å². The molecule has 2 amide bonds. The van der Waals surface area contributed by atoms with Crippen molar-refractivity contribution < 1.29 is 27.5 Å². The minimum absolute atomic E-state index is 0. The predicted octanol–water partition coefficient (Wildman–Crippen LogP) is 5.32. The van der Waals surface area contributed by atoms with Gasteiger partial charge in [0, 0.05) is 41.8 Å². The number of nitrogens with zero attached hydrogens (tertiary/aromatic N) is 1. The van der Waals surface area contributed by atoms with Crippen molar-refractivity contribution >= 4 is 76.4 Å². The second kappa shape index (κ2) is 13.5. The van der Waals surface area contributed by atoms with Crippen LogP contribution in [0.3, 0.4) is 0 Å².